The third-order valence-corrected chi connectivity index (χ3v) is 2.81. The summed E-state index contributed by atoms with van der Waals surface area (Å²) in [5.41, 5.74) is 5.23. The van der Waals surface area contributed by atoms with Crippen molar-refractivity contribution in [3.8, 4) is 0 Å². The lowest BCUT2D eigenvalue weighted by atomic mass is 10.1. The van der Waals surface area contributed by atoms with Gasteiger partial charge in [-0.2, -0.15) is 0 Å². The van der Waals surface area contributed by atoms with Gasteiger partial charge in [-0.05, 0) is 13.0 Å². The van der Waals surface area contributed by atoms with Crippen LogP contribution in [0, 0.1) is 11.6 Å². The maximum absolute atomic E-state index is 13.3. The molecular formula is C11H11F2N3O2. The standard InChI is InChI=1S/C11H11F2N3O2/c1-5-11(18)15-9(17)4-16(5)8-3-6(12)2-7(13)10(8)14/h2-3,5H,4,14H2,1H3,(H,15,17,18). The average molecular weight is 255 g/mol. The number of nitrogens with zero attached hydrogens (tertiary/aromatic N) is 1. The summed E-state index contributed by atoms with van der Waals surface area (Å²) in [5, 5.41) is 2.13. The van der Waals surface area contributed by atoms with Gasteiger partial charge in [0.05, 0.1) is 17.9 Å². The number of rotatable bonds is 1. The first kappa shape index (κ1) is 12.3. The zero-order chi connectivity index (χ0) is 13.4. The number of nitrogens with two attached hydrogens (primary N) is 1. The van der Waals surface area contributed by atoms with Crippen molar-refractivity contribution in [3.63, 3.8) is 0 Å². The fourth-order valence-corrected chi connectivity index (χ4v) is 1.82. The zero-order valence-corrected chi connectivity index (χ0v) is 9.54. The van der Waals surface area contributed by atoms with Crippen molar-refractivity contribution in [1.82, 2.24) is 5.32 Å². The molecular weight excluding hydrogens is 244 g/mol. The van der Waals surface area contributed by atoms with Gasteiger partial charge >= 0.3 is 0 Å². The van der Waals surface area contributed by atoms with E-state index in [0.717, 1.165) is 6.07 Å². The highest BCUT2D eigenvalue weighted by Crippen LogP contribution is 2.29. The predicted octanol–water partition coefficient (Wildman–Crippen LogP) is 0.398. The molecule has 0 spiro atoms. The normalized spacial score (nSPS) is 19.9. The van der Waals surface area contributed by atoms with Crippen LogP contribution in [0.25, 0.3) is 0 Å². The van der Waals surface area contributed by atoms with Crippen molar-refractivity contribution in [2.45, 2.75) is 13.0 Å². The SMILES string of the molecule is CC1C(=O)NC(=O)CN1c1cc(F)cc(F)c1N. The minimum atomic E-state index is -0.921. The molecule has 2 amide bonds. The van der Waals surface area contributed by atoms with Crippen molar-refractivity contribution >= 4 is 23.2 Å². The number of halogens is 2. The minimum Gasteiger partial charge on any atom is -0.395 e. The zero-order valence-electron chi connectivity index (χ0n) is 9.54. The van der Waals surface area contributed by atoms with E-state index >= 15 is 0 Å². The van der Waals surface area contributed by atoms with E-state index in [9.17, 15) is 18.4 Å². The lowest BCUT2D eigenvalue weighted by molar-refractivity contribution is -0.132. The molecule has 5 nitrogen and oxygen atoms in total. The number of nitrogen functional groups attached to an aromatic ring is 1. The van der Waals surface area contributed by atoms with Crippen molar-refractivity contribution in [3.05, 3.63) is 23.8 Å². The van der Waals surface area contributed by atoms with Crippen LogP contribution in [0.5, 0.6) is 0 Å². The van der Waals surface area contributed by atoms with Crippen LogP contribution in [-0.2, 0) is 9.59 Å². The smallest absolute Gasteiger partial charge is 0.249 e. The number of hydrogen-bond acceptors (Lipinski definition) is 4. The third-order valence-electron chi connectivity index (χ3n) is 2.81. The molecule has 0 radical (unpaired) electrons. The van der Waals surface area contributed by atoms with Gasteiger partial charge in [-0.15, -0.1) is 0 Å². The summed E-state index contributed by atoms with van der Waals surface area (Å²) in [6, 6.07) is 0.919. The van der Waals surface area contributed by atoms with Gasteiger partial charge in [-0.3, -0.25) is 14.9 Å². The lowest BCUT2D eigenvalue weighted by Gasteiger charge is -2.34. The molecule has 1 unspecified atom stereocenters. The summed E-state index contributed by atoms with van der Waals surface area (Å²) in [4.78, 5) is 24.0. The molecule has 1 saturated heterocycles. The Balaban J connectivity index is 2.47. The van der Waals surface area contributed by atoms with Crippen molar-refractivity contribution in [2.75, 3.05) is 17.2 Å². The fraction of sp³-hybridized carbons (Fsp3) is 0.273. The van der Waals surface area contributed by atoms with E-state index in [2.05, 4.69) is 5.32 Å². The Labute approximate surface area is 102 Å². The van der Waals surface area contributed by atoms with Crippen molar-refractivity contribution in [2.24, 2.45) is 0 Å². The van der Waals surface area contributed by atoms with E-state index in [0.29, 0.717) is 6.07 Å². The van der Waals surface area contributed by atoms with Crippen LogP contribution in [0.2, 0.25) is 0 Å². The van der Waals surface area contributed by atoms with Gasteiger partial charge in [-0.1, -0.05) is 0 Å². The Hall–Kier alpha value is -2.18. The summed E-state index contributed by atoms with van der Waals surface area (Å²) in [6.07, 6.45) is 0. The second-order valence-corrected chi connectivity index (χ2v) is 4.04. The second kappa shape index (κ2) is 4.25. The van der Waals surface area contributed by atoms with E-state index in [1.54, 1.807) is 0 Å². The third kappa shape index (κ3) is 1.99. The molecule has 3 N–H and O–H groups in total. The van der Waals surface area contributed by atoms with Gasteiger partial charge in [0.2, 0.25) is 11.8 Å². The van der Waals surface area contributed by atoms with Gasteiger partial charge in [0.25, 0.3) is 0 Å². The van der Waals surface area contributed by atoms with Crippen LogP contribution in [0.15, 0.2) is 12.1 Å². The number of benzene rings is 1. The van der Waals surface area contributed by atoms with Crippen LogP contribution < -0.4 is 16.0 Å². The Morgan fingerprint density at radius 1 is 1.39 bits per heavy atom. The first-order valence-corrected chi connectivity index (χ1v) is 5.25. The maximum atomic E-state index is 13.3. The average Bonchev–Trinajstić information content (AvgIpc) is 2.28. The van der Waals surface area contributed by atoms with E-state index < -0.39 is 29.5 Å². The number of piperazine rings is 1. The number of amides is 2. The molecule has 1 heterocycles. The molecule has 7 heteroatoms. The lowest BCUT2D eigenvalue weighted by Crippen LogP contribution is -2.57. The molecule has 0 bridgehead atoms. The Morgan fingerprint density at radius 3 is 2.72 bits per heavy atom. The van der Waals surface area contributed by atoms with Crippen molar-refractivity contribution < 1.29 is 18.4 Å². The van der Waals surface area contributed by atoms with E-state index in [1.807, 2.05) is 0 Å². The van der Waals surface area contributed by atoms with Gasteiger partial charge in [0, 0.05) is 6.07 Å². The van der Waals surface area contributed by atoms with Crippen LogP contribution in [-0.4, -0.2) is 24.4 Å². The molecule has 1 aromatic carbocycles. The first-order valence-electron chi connectivity index (χ1n) is 5.25. The van der Waals surface area contributed by atoms with E-state index in [-0.39, 0.29) is 17.9 Å². The molecule has 1 aliphatic heterocycles. The molecule has 1 aromatic rings. The maximum Gasteiger partial charge on any atom is 0.249 e. The van der Waals surface area contributed by atoms with Crippen LogP contribution >= 0.6 is 0 Å². The highest BCUT2D eigenvalue weighted by atomic mass is 19.1. The summed E-state index contributed by atoms with van der Waals surface area (Å²) in [6.45, 7) is 1.34. The van der Waals surface area contributed by atoms with E-state index in [1.165, 1.54) is 11.8 Å². The number of hydrogen-bond donors (Lipinski definition) is 2. The minimum absolute atomic E-state index is 0.00296. The summed E-state index contributed by atoms with van der Waals surface area (Å²) < 4.78 is 26.5. The van der Waals surface area contributed by atoms with Crippen LogP contribution in [0.4, 0.5) is 20.2 Å². The molecule has 1 fully saturated rings. The number of imide groups is 1. The molecule has 0 aromatic heterocycles. The number of nitrogens with one attached hydrogen (secondary N) is 1. The van der Waals surface area contributed by atoms with Gasteiger partial charge < -0.3 is 10.6 Å². The highest BCUT2D eigenvalue weighted by Gasteiger charge is 2.32. The number of carbonyl (C=O) groups excluding carboxylic acids is 2. The van der Waals surface area contributed by atoms with Crippen molar-refractivity contribution in [1.29, 1.82) is 0 Å². The molecule has 1 aliphatic rings. The van der Waals surface area contributed by atoms with E-state index in [4.69, 9.17) is 5.73 Å². The highest BCUT2D eigenvalue weighted by molar-refractivity contribution is 6.05. The molecule has 18 heavy (non-hydrogen) atoms. The Morgan fingerprint density at radius 2 is 2.06 bits per heavy atom. The van der Waals surface area contributed by atoms with Crippen LogP contribution in [0.1, 0.15) is 6.92 Å². The summed E-state index contributed by atoms with van der Waals surface area (Å²) in [5.74, 6) is -2.81. The predicted molar refractivity (Wildman–Crippen MR) is 60.7 cm³/mol. The second-order valence-electron chi connectivity index (χ2n) is 4.04. The monoisotopic (exact) mass is 255 g/mol. The summed E-state index contributed by atoms with van der Waals surface area (Å²) >= 11 is 0. The first-order chi connectivity index (χ1) is 8.40. The topological polar surface area (TPSA) is 75.4 Å². The quantitative estimate of drug-likeness (QED) is 0.562. The van der Waals surface area contributed by atoms with Crippen LogP contribution in [0.3, 0.4) is 0 Å². The molecule has 0 aliphatic carbocycles. The Kier molecular flexibility index (Phi) is 2.90. The van der Waals surface area contributed by atoms with Gasteiger partial charge in [-0.25, -0.2) is 8.78 Å². The molecule has 2 rings (SSSR count). The van der Waals surface area contributed by atoms with Gasteiger partial charge in [0.15, 0.2) is 5.82 Å². The molecule has 1 atom stereocenters. The van der Waals surface area contributed by atoms with Gasteiger partial charge in [0.1, 0.15) is 11.9 Å². The summed E-state index contributed by atoms with van der Waals surface area (Å²) in [7, 11) is 0. The largest absolute Gasteiger partial charge is 0.395 e. The fourth-order valence-electron chi connectivity index (χ4n) is 1.82. The molecule has 96 valence electrons. The molecule has 0 saturated carbocycles. The number of carbonyl (C=O) groups is 2. The number of anilines is 2. The Bertz CT molecular complexity index is 533.